The largest absolute Gasteiger partial charge is 0.507 e. The van der Waals surface area contributed by atoms with Crippen LogP contribution >= 0.6 is 0 Å². The lowest BCUT2D eigenvalue weighted by molar-refractivity contribution is -0.160. The number of aliphatic hydroxyl groups is 2. The molecule has 15 heteroatoms. The number of aromatic hydroxyl groups is 3. The van der Waals surface area contributed by atoms with Crippen molar-refractivity contribution in [3.63, 3.8) is 0 Å². The Balaban J connectivity index is 1.70. The molecular weight excluding hydrogens is 740 g/mol. The zero-order valence-corrected chi connectivity index (χ0v) is 34.0. The van der Waals surface area contributed by atoms with Gasteiger partial charge in [0.05, 0.1) is 54.4 Å². The number of anilines is 1. The maximum absolute atomic E-state index is 14.4. The molecule has 1 amide bonds. The summed E-state index contributed by atoms with van der Waals surface area (Å²) in [4.78, 5) is 42.4. The van der Waals surface area contributed by atoms with Gasteiger partial charge in [-0.05, 0) is 19.9 Å². The first-order chi connectivity index (χ1) is 26.8. The number of hydrogen-bond acceptors (Lipinski definition) is 14. The van der Waals surface area contributed by atoms with Crippen LogP contribution < -0.4 is 10.1 Å². The first-order valence-corrected chi connectivity index (χ1v) is 19.2. The molecule has 6 N–H and O–H groups in total. The lowest BCUT2D eigenvalue weighted by atomic mass is 9.78. The molecular formula is C42H56N2O13. The van der Waals surface area contributed by atoms with E-state index in [1.54, 1.807) is 46.8 Å². The predicted molar refractivity (Wildman–Crippen MR) is 210 cm³/mol. The molecule has 1 fully saturated rings. The Kier molecular flexibility index (Phi) is 13.3. The molecule has 0 unspecified atom stereocenters. The minimum atomic E-state index is -2.02. The second-order valence-electron chi connectivity index (χ2n) is 15.6. The van der Waals surface area contributed by atoms with E-state index in [0.29, 0.717) is 26.3 Å². The average Bonchev–Trinajstić information content (AvgIpc) is 3.44. The standard InChI is InChI=1S/C42H56N2O13/c1-20-11-10-12-21(2)41(52)43-32-27(19-44-14-17-54-18-15-44)36(49)29-30(37(32)50)35(48)25(6)39-31(29)40(51)42(8,57-39)55-16-13-28(53-9)22(3)38(56-26(7)45)24(5)34(47)23(4)33(20)46/h10-13,16,20,22-24,28,33-34,38,46-50H,14-15,17-19H2,1-9H3,(H,43,52)/b11-10-,16-13?,21-12-/t20-,22+,23+,24+,28-,33-,34+,38+,42-/m0/s1. The van der Waals surface area contributed by atoms with Gasteiger partial charge in [-0.1, -0.05) is 45.9 Å². The fourth-order valence-corrected chi connectivity index (χ4v) is 7.92. The van der Waals surface area contributed by atoms with Crippen molar-refractivity contribution in [3.05, 3.63) is 52.8 Å². The molecule has 5 bridgehead atoms. The van der Waals surface area contributed by atoms with Crippen molar-refractivity contribution in [3.8, 4) is 23.0 Å². The number of methoxy groups -OCH3 is 1. The molecule has 0 aliphatic carbocycles. The number of rotatable bonds is 4. The van der Waals surface area contributed by atoms with Gasteiger partial charge in [0.15, 0.2) is 5.75 Å². The highest BCUT2D eigenvalue weighted by molar-refractivity contribution is 6.22. The van der Waals surface area contributed by atoms with Crippen molar-refractivity contribution >= 4 is 34.1 Å². The van der Waals surface area contributed by atoms with Crippen LogP contribution in [0.5, 0.6) is 23.0 Å². The maximum atomic E-state index is 14.4. The Morgan fingerprint density at radius 1 is 0.947 bits per heavy atom. The summed E-state index contributed by atoms with van der Waals surface area (Å²) in [5.41, 5.74) is 0.0787. The zero-order chi connectivity index (χ0) is 42.1. The number of aliphatic hydroxyl groups excluding tert-OH is 2. The number of phenols is 3. The van der Waals surface area contributed by atoms with Gasteiger partial charge < -0.3 is 54.5 Å². The van der Waals surface area contributed by atoms with Crippen molar-refractivity contribution < 1.29 is 63.6 Å². The van der Waals surface area contributed by atoms with Gasteiger partial charge in [-0.15, -0.1) is 0 Å². The first-order valence-electron chi connectivity index (χ1n) is 19.2. The molecule has 312 valence electrons. The summed E-state index contributed by atoms with van der Waals surface area (Å²) >= 11 is 0. The lowest BCUT2D eigenvalue weighted by Crippen LogP contribution is -2.46. The zero-order valence-electron chi connectivity index (χ0n) is 34.0. The summed E-state index contributed by atoms with van der Waals surface area (Å²) < 4.78 is 29.1. The Morgan fingerprint density at radius 2 is 1.61 bits per heavy atom. The van der Waals surface area contributed by atoms with E-state index in [2.05, 4.69) is 5.32 Å². The van der Waals surface area contributed by atoms with Crippen molar-refractivity contribution in [2.75, 3.05) is 38.7 Å². The van der Waals surface area contributed by atoms with Gasteiger partial charge >= 0.3 is 11.8 Å². The average molecular weight is 797 g/mol. The van der Waals surface area contributed by atoms with E-state index in [1.165, 1.54) is 46.3 Å². The number of benzene rings is 2. The highest BCUT2D eigenvalue weighted by Crippen LogP contribution is 2.55. The van der Waals surface area contributed by atoms with E-state index in [0.717, 1.165) is 0 Å². The van der Waals surface area contributed by atoms with Crippen LogP contribution in [-0.4, -0.2) is 112 Å². The van der Waals surface area contributed by atoms with Gasteiger partial charge in [0.2, 0.25) is 0 Å². The van der Waals surface area contributed by atoms with Crippen LogP contribution in [0.2, 0.25) is 0 Å². The number of phenolic OH excluding ortho intramolecular Hbond substituents is 3. The normalized spacial score (nSPS) is 32.0. The minimum absolute atomic E-state index is 0.0366. The number of ketones is 1. The highest BCUT2D eigenvalue weighted by Gasteiger charge is 2.50. The Morgan fingerprint density at radius 3 is 2.25 bits per heavy atom. The van der Waals surface area contributed by atoms with E-state index in [1.807, 2.05) is 4.90 Å². The molecule has 0 saturated carbocycles. The fraction of sp³-hybridized carbons (Fsp3) is 0.548. The first kappa shape index (κ1) is 43.5. The summed E-state index contributed by atoms with van der Waals surface area (Å²) in [6.07, 6.45) is 3.66. The minimum Gasteiger partial charge on any atom is -0.507 e. The highest BCUT2D eigenvalue weighted by atomic mass is 16.7. The van der Waals surface area contributed by atoms with E-state index in [4.69, 9.17) is 23.7 Å². The number of Topliss-reactive ketones (excluding diaryl/α,β-unsaturated/α-hetero) is 1. The van der Waals surface area contributed by atoms with Crippen LogP contribution in [0.1, 0.15) is 70.0 Å². The lowest BCUT2D eigenvalue weighted by Gasteiger charge is -2.38. The molecule has 4 aliphatic heterocycles. The van der Waals surface area contributed by atoms with Gasteiger partial charge in [0.25, 0.3) is 11.7 Å². The molecule has 4 aliphatic rings. The number of fused-ring (bicyclic) bond motifs is 14. The second kappa shape index (κ2) is 17.4. The van der Waals surface area contributed by atoms with E-state index in [-0.39, 0.29) is 51.0 Å². The number of hydrogen-bond donors (Lipinski definition) is 6. The maximum Gasteiger partial charge on any atom is 0.312 e. The SMILES string of the molecule is CO[C@H]1C=CO[C@@]2(C)Oc3c(C)c(O)c4c(O)c(c(CN5CCOCC5)c(O)c4c3C2=O)NC(=O)/C(C)=C\C=C/[C@H](C)[C@H](O)[C@@H](C)[C@@H](O)[C@@H](C)[C@H](OC(C)=O)[C@@H]1C. The van der Waals surface area contributed by atoms with Crippen LogP contribution in [0, 0.1) is 30.6 Å². The number of nitrogens with zero attached hydrogens (tertiary/aromatic N) is 1. The van der Waals surface area contributed by atoms with Crippen molar-refractivity contribution in [2.24, 2.45) is 23.7 Å². The predicted octanol–water partition coefficient (Wildman–Crippen LogP) is 4.59. The van der Waals surface area contributed by atoms with Crippen LogP contribution in [0.25, 0.3) is 10.8 Å². The van der Waals surface area contributed by atoms with Gasteiger partial charge in [0, 0.05) is 86.3 Å². The number of morpholine rings is 1. The monoisotopic (exact) mass is 796 g/mol. The van der Waals surface area contributed by atoms with Crippen LogP contribution in [0.3, 0.4) is 0 Å². The van der Waals surface area contributed by atoms with Crippen molar-refractivity contribution in [1.29, 1.82) is 0 Å². The Bertz CT molecular complexity index is 1970. The van der Waals surface area contributed by atoms with Crippen LogP contribution in [-0.2, 0) is 35.1 Å². The van der Waals surface area contributed by atoms with E-state index >= 15 is 0 Å². The summed E-state index contributed by atoms with van der Waals surface area (Å²) in [5.74, 6) is -7.98. The number of carbonyl (C=O) groups excluding carboxylic acids is 3. The van der Waals surface area contributed by atoms with Gasteiger partial charge in [-0.2, -0.15) is 0 Å². The summed E-state index contributed by atoms with van der Waals surface area (Å²) in [6.45, 7) is 14.4. The molecule has 4 heterocycles. The molecule has 1 saturated heterocycles. The van der Waals surface area contributed by atoms with E-state index in [9.17, 15) is 39.9 Å². The van der Waals surface area contributed by atoms with Gasteiger partial charge in [-0.3, -0.25) is 19.3 Å². The number of esters is 1. The molecule has 0 aromatic heterocycles. The topological polar surface area (TPSA) is 214 Å². The number of allylic oxidation sites excluding steroid dienone is 2. The fourth-order valence-electron chi connectivity index (χ4n) is 7.92. The summed E-state index contributed by atoms with van der Waals surface area (Å²) in [5, 5.41) is 60.7. The third-order valence-corrected chi connectivity index (χ3v) is 11.6. The van der Waals surface area contributed by atoms with Gasteiger partial charge in [0.1, 0.15) is 23.4 Å². The smallest absolute Gasteiger partial charge is 0.312 e. The molecule has 9 atom stereocenters. The third-order valence-electron chi connectivity index (χ3n) is 11.6. The molecule has 57 heavy (non-hydrogen) atoms. The quantitative estimate of drug-likeness (QED) is 0.142. The van der Waals surface area contributed by atoms with Crippen LogP contribution in [0.4, 0.5) is 5.69 Å². The second-order valence-corrected chi connectivity index (χ2v) is 15.6. The number of ether oxygens (including phenoxy) is 5. The molecule has 2 aromatic carbocycles. The molecule has 0 radical (unpaired) electrons. The van der Waals surface area contributed by atoms with Gasteiger partial charge in [-0.25, -0.2) is 0 Å². The summed E-state index contributed by atoms with van der Waals surface area (Å²) in [7, 11) is 1.44. The Hall–Kier alpha value is -4.67. The Labute approximate surface area is 332 Å². The summed E-state index contributed by atoms with van der Waals surface area (Å²) in [6, 6.07) is 0. The number of carbonyl (C=O) groups is 3. The molecule has 15 nitrogen and oxygen atoms in total. The van der Waals surface area contributed by atoms with E-state index < -0.39 is 88.8 Å². The number of amides is 1. The van der Waals surface area contributed by atoms with Crippen molar-refractivity contribution in [2.45, 2.75) is 92.1 Å². The molecule has 0 spiro atoms. The number of nitrogens with one attached hydrogen (secondary N) is 1. The van der Waals surface area contributed by atoms with Crippen LogP contribution in [0.15, 0.2) is 36.1 Å². The molecule has 2 aromatic rings. The van der Waals surface area contributed by atoms with Crippen molar-refractivity contribution in [1.82, 2.24) is 4.90 Å². The third kappa shape index (κ3) is 8.49. The molecule has 6 rings (SSSR count).